The molecule has 2 rings (SSSR count). The number of halogens is 1. The van der Waals surface area contributed by atoms with E-state index in [2.05, 4.69) is 0 Å². The fraction of sp³-hybridized carbons (Fsp3) is 0.348. The van der Waals surface area contributed by atoms with Gasteiger partial charge < -0.3 is 19.1 Å². The maximum absolute atomic E-state index is 13.4. The Morgan fingerprint density at radius 1 is 0.968 bits per heavy atom. The first-order chi connectivity index (χ1) is 14.7. The number of amides is 1. The molecule has 0 unspecified atom stereocenters. The van der Waals surface area contributed by atoms with Crippen molar-refractivity contribution < 1.29 is 33.0 Å². The van der Waals surface area contributed by atoms with Crippen molar-refractivity contribution in [3.8, 4) is 5.75 Å². The van der Waals surface area contributed by atoms with E-state index in [1.54, 1.807) is 40.0 Å². The molecule has 0 saturated heterocycles. The van der Waals surface area contributed by atoms with E-state index < -0.39 is 18.0 Å². The van der Waals surface area contributed by atoms with Crippen LogP contribution in [0, 0.1) is 5.82 Å². The van der Waals surface area contributed by atoms with Crippen LogP contribution in [0.3, 0.4) is 0 Å². The lowest BCUT2D eigenvalue weighted by Gasteiger charge is -2.22. The lowest BCUT2D eigenvalue weighted by Crippen LogP contribution is -2.37. The van der Waals surface area contributed by atoms with Crippen LogP contribution in [0.5, 0.6) is 5.75 Å². The summed E-state index contributed by atoms with van der Waals surface area (Å²) in [5.41, 5.74) is 0.849. The van der Waals surface area contributed by atoms with Gasteiger partial charge in [0, 0.05) is 13.6 Å². The third-order valence-corrected chi connectivity index (χ3v) is 4.27. The molecular weight excluding hydrogens is 405 g/mol. The summed E-state index contributed by atoms with van der Waals surface area (Å²) < 4.78 is 29.1. The average molecular weight is 431 g/mol. The van der Waals surface area contributed by atoms with E-state index in [0.717, 1.165) is 0 Å². The molecule has 2 aromatic carbocycles. The Bertz CT molecular complexity index is 909. The van der Waals surface area contributed by atoms with Crippen molar-refractivity contribution >= 4 is 17.8 Å². The van der Waals surface area contributed by atoms with Crippen LogP contribution in [0.2, 0.25) is 0 Å². The molecule has 0 spiro atoms. The Kier molecular flexibility index (Phi) is 8.54. The Labute approximate surface area is 180 Å². The monoisotopic (exact) mass is 431 g/mol. The standard InChI is InChI=1S/C23H26FNO6/c1-5-29-22(27)17-11-18(23(28)30-6-2)13-20(12-17)31-15(3)21(26)25(4)14-16-8-7-9-19(24)10-16/h7-13,15H,5-6,14H2,1-4H3/t15-/m0/s1. The molecule has 8 heteroatoms. The summed E-state index contributed by atoms with van der Waals surface area (Å²) in [6, 6.07) is 10.1. The van der Waals surface area contributed by atoms with Gasteiger partial charge in [0.15, 0.2) is 6.10 Å². The summed E-state index contributed by atoms with van der Waals surface area (Å²) in [5.74, 6) is -1.84. The number of nitrogens with zero attached hydrogens (tertiary/aromatic N) is 1. The Morgan fingerprint density at radius 3 is 2.06 bits per heavy atom. The number of hydrogen-bond acceptors (Lipinski definition) is 6. The second-order valence-corrected chi connectivity index (χ2v) is 6.77. The van der Waals surface area contributed by atoms with Gasteiger partial charge in [-0.05, 0) is 56.7 Å². The molecule has 0 fully saturated rings. The third kappa shape index (κ3) is 6.80. The number of esters is 2. The molecule has 0 aliphatic heterocycles. The van der Waals surface area contributed by atoms with Crippen LogP contribution in [0.1, 0.15) is 47.1 Å². The minimum absolute atomic E-state index is 0.107. The molecular formula is C23H26FNO6. The van der Waals surface area contributed by atoms with Gasteiger partial charge in [0.1, 0.15) is 11.6 Å². The lowest BCUT2D eigenvalue weighted by atomic mass is 10.1. The molecule has 0 bridgehead atoms. The van der Waals surface area contributed by atoms with Crippen molar-refractivity contribution in [3.63, 3.8) is 0 Å². The van der Waals surface area contributed by atoms with Gasteiger partial charge in [0.25, 0.3) is 5.91 Å². The van der Waals surface area contributed by atoms with E-state index in [-0.39, 0.29) is 48.4 Å². The molecule has 0 heterocycles. The van der Waals surface area contributed by atoms with E-state index >= 15 is 0 Å². The topological polar surface area (TPSA) is 82.1 Å². The minimum Gasteiger partial charge on any atom is -0.481 e. The molecule has 0 aliphatic carbocycles. The number of carbonyl (C=O) groups excluding carboxylic acids is 3. The van der Waals surface area contributed by atoms with Crippen LogP contribution in [-0.4, -0.2) is 49.1 Å². The Hall–Kier alpha value is -3.42. The number of hydrogen-bond donors (Lipinski definition) is 0. The Balaban J connectivity index is 2.19. The SMILES string of the molecule is CCOC(=O)c1cc(O[C@@H](C)C(=O)N(C)Cc2cccc(F)c2)cc(C(=O)OCC)c1. The lowest BCUT2D eigenvalue weighted by molar-refractivity contribution is -0.137. The smallest absolute Gasteiger partial charge is 0.338 e. The van der Waals surface area contributed by atoms with Gasteiger partial charge in [0.2, 0.25) is 0 Å². The first kappa shape index (κ1) is 23.9. The molecule has 0 saturated carbocycles. The van der Waals surface area contributed by atoms with Crippen LogP contribution >= 0.6 is 0 Å². The van der Waals surface area contributed by atoms with Gasteiger partial charge in [-0.15, -0.1) is 0 Å². The zero-order chi connectivity index (χ0) is 23.0. The van der Waals surface area contributed by atoms with Crippen molar-refractivity contribution in [2.24, 2.45) is 0 Å². The van der Waals surface area contributed by atoms with Crippen molar-refractivity contribution in [1.82, 2.24) is 4.90 Å². The summed E-state index contributed by atoms with van der Waals surface area (Å²) in [7, 11) is 1.58. The zero-order valence-electron chi connectivity index (χ0n) is 18.0. The molecule has 0 radical (unpaired) electrons. The summed E-state index contributed by atoms with van der Waals surface area (Å²) in [6.45, 7) is 5.41. The van der Waals surface area contributed by atoms with Crippen molar-refractivity contribution in [2.45, 2.75) is 33.4 Å². The molecule has 7 nitrogen and oxygen atoms in total. The fourth-order valence-electron chi connectivity index (χ4n) is 2.88. The van der Waals surface area contributed by atoms with E-state index in [9.17, 15) is 18.8 Å². The molecule has 1 amide bonds. The van der Waals surface area contributed by atoms with E-state index in [4.69, 9.17) is 14.2 Å². The number of benzene rings is 2. The largest absolute Gasteiger partial charge is 0.481 e. The highest BCUT2D eigenvalue weighted by molar-refractivity contribution is 5.96. The van der Waals surface area contributed by atoms with E-state index in [1.165, 1.54) is 35.2 Å². The second kappa shape index (κ2) is 11.1. The molecule has 0 N–H and O–H groups in total. The van der Waals surface area contributed by atoms with Gasteiger partial charge in [-0.25, -0.2) is 14.0 Å². The van der Waals surface area contributed by atoms with Crippen molar-refractivity contribution in [3.05, 3.63) is 65.0 Å². The first-order valence-electron chi connectivity index (χ1n) is 9.90. The molecule has 31 heavy (non-hydrogen) atoms. The van der Waals surface area contributed by atoms with Gasteiger partial charge in [-0.3, -0.25) is 4.79 Å². The maximum atomic E-state index is 13.4. The zero-order valence-corrected chi connectivity index (χ0v) is 18.0. The number of likely N-dealkylation sites (N-methyl/N-ethyl adjacent to an activating group) is 1. The highest BCUT2D eigenvalue weighted by Gasteiger charge is 2.22. The second-order valence-electron chi connectivity index (χ2n) is 6.77. The predicted molar refractivity (Wildman–Crippen MR) is 111 cm³/mol. The fourth-order valence-corrected chi connectivity index (χ4v) is 2.88. The average Bonchev–Trinajstić information content (AvgIpc) is 2.73. The number of ether oxygens (including phenoxy) is 3. The van der Waals surface area contributed by atoms with Gasteiger partial charge in [-0.1, -0.05) is 12.1 Å². The van der Waals surface area contributed by atoms with E-state index in [0.29, 0.717) is 5.56 Å². The summed E-state index contributed by atoms with van der Waals surface area (Å²) >= 11 is 0. The summed E-state index contributed by atoms with van der Waals surface area (Å²) in [6.07, 6.45) is -0.925. The molecule has 166 valence electrons. The van der Waals surface area contributed by atoms with Crippen LogP contribution < -0.4 is 4.74 Å². The molecule has 1 atom stereocenters. The van der Waals surface area contributed by atoms with Crippen LogP contribution in [0.25, 0.3) is 0 Å². The van der Waals surface area contributed by atoms with Gasteiger partial charge >= 0.3 is 11.9 Å². The van der Waals surface area contributed by atoms with E-state index in [1.807, 2.05) is 0 Å². The molecule has 0 aromatic heterocycles. The van der Waals surface area contributed by atoms with Gasteiger partial charge in [0.05, 0.1) is 24.3 Å². The quantitative estimate of drug-likeness (QED) is 0.564. The summed E-state index contributed by atoms with van der Waals surface area (Å²) in [5, 5.41) is 0. The van der Waals surface area contributed by atoms with Crippen molar-refractivity contribution in [1.29, 1.82) is 0 Å². The number of rotatable bonds is 9. The number of carbonyl (C=O) groups is 3. The minimum atomic E-state index is -0.925. The normalized spacial score (nSPS) is 11.4. The molecule has 0 aliphatic rings. The van der Waals surface area contributed by atoms with Gasteiger partial charge in [-0.2, -0.15) is 0 Å². The highest BCUT2D eigenvalue weighted by Crippen LogP contribution is 2.21. The third-order valence-electron chi connectivity index (χ3n) is 4.27. The predicted octanol–water partition coefficient (Wildman–Crippen LogP) is 3.61. The van der Waals surface area contributed by atoms with Crippen LogP contribution in [0.15, 0.2) is 42.5 Å². The summed E-state index contributed by atoms with van der Waals surface area (Å²) in [4.78, 5) is 38.4. The van der Waals surface area contributed by atoms with Crippen LogP contribution in [-0.2, 0) is 20.8 Å². The highest BCUT2D eigenvalue weighted by atomic mass is 19.1. The molecule has 2 aromatic rings. The van der Waals surface area contributed by atoms with Crippen LogP contribution in [0.4, 0.5) is 4.39 Å². The Morgan fingerprint density at radius 2 is 1.55 bits per heavy atom. The first-order valence-corrected chi connectivity index (χ1v) is 9.90. The maximum Gasteiger partial charge on any atom is 0.338 e. The van der Waals surface area contributed by atoms with Crippen molar-refractivity contribution in [2.75, 3.05) is 20.3 Å².